The number of ether oxygens (including phenoxy) is 4. The summed E-state index contributed by atoms with van der Waals surface area (Å²) < 4.78 is 21.6. The largest absolute Gasteiger partial charge is 0.598 e. The second kappa shape index (κ2) is 14.5. The van der Waals surface area contributed by atoms with Gasteiger partial charge < -0.3 is 34.8 Å². The third-order valence-electron chi connectivity index (χ3n) is 6.18. The van der Waals surface area contributed by atoms with Gasteiger partial charge in [-0.2, -0.15) is 0 Å². The Morgan fingerprint density at radius 1 is 0.837 bits per heavy atom. The van der Waals surface area contributed by atoms with Crippen LogP contribution in [0.3, 0.4) is 0 Å². The molecule has 0 aromatic heterocycles. The highest BCUT2D eigenvalue weighted by Gasteiger charge is 2.30. The molecule has 0 saturated heterocycles. The van der Waals surface area contributed by atoms with Crippen LogP contribution in [-0.2, 0) is 18.9 Å². The minimum Gasteiger partial charge on any atom is -0.598 e. The Kier molecular flexibility index (Phi) is 11.3. The van der Waals surface area contributed by atoms with Crippen molar-refractivity contribution in [3.05, 3.63) is 64.9 Å². The lowest BCUT2D eigenvalue weighted by molar-refractivity contribution is -1.07. The van der Waals surface area contributed by atoms with Gasteiger partial charge in [-0.1, -0.05) is 48.5 Å². The number of alkyl carbamates (subject to hydrolysis) is 3. The lowest BCUT2D eigenvalue weighted by Crippen LogP contribution is -3.12. The number of hydrogen-bond acceptors (Lipinski definition) is 9. The maximum atomic E-state index is 12.7. The Hall–Kier alpha value is -3.91. The van der Waals surface area contributed by atoms with Gasteiger partial charge in [0.15, 0.2) is 0 Å². The van der Waals surface area contributed by atoms with Gasteiger partial charge in [0.2, 0.25) is 6.17 Å². The topological polar surface area (TPSA) is 172 Å². The molecule has 0 saturated carbocycles. The van der Waals surface area contributed by atoms with E-state index in [1.807, 2.05) is 48.5 Å². The Morgan fingerprint density at radius 2 is 1.30 bits per heavy atom. The van der Waals surface area contributed by atoms with Crippen molar-refractivity contribution < 1.29 is 43.8 Å². The SMILES string of the molecule is CC(C)(C)OC(=O)NCC(CNC(=O)OC(C)(C)C)OC[C@H](NC(=O)OCC1c2ccccc2-c2ccccc21)[NH+]([O-])O. The summed E-state index contributed by atoms with van der Waals surface area (Å²) in [5, 5.41) is 27.7. The van der Waals surface area contributed by atoms with E-state index in [1.54, 1.807) is 41.5 Å². The Balaban J connectivity index is 1.58. The van der Waals surface area contributed by atoms with E-state index >= 15 is 0 Å². The van der Waals surface area contributed by atoms with Gasteiger partial charge in [-0.05, 0) is 63.8 Å². The molecule has 0 radical (unpaired) electrons. The molecule has 1 unspecified atom stereocenters. The van der Waals surface area contributed by atoms with Crippen molar-refractivity contribution in [3.8, 4) is 11.1 Å². The molecule has 3 rings (SSSR count). The summed E-state index contributed by atoms with van der Waals surface area (Å²) in [5.41, 5.74) is 2.69. The van der Waals surface area contributed by atoms with Gasteiger partial charge >= 0.3 is 18.3 Å². The molecule has 2 atom stereocenters. The van der Waals surface area contributed by atoms with Crippen molar-refractivity contribution in [2.45, 2.75) is 70.9 Å². The third kappa shape index (κ3) is 10.7. The zero-order valence-corrected chi connectivity index (χ0v) is 25.4. The molecule has 13 heteroatoms. The first-order chi connectivity index (χ1) is 20.1. The zero-order chi connectivity index (χ0) is 31.8. The minimum atomic E-state index is -1.47. The third-order valence-corrected chi connectivity index (χ3v) is 6.18. The van der Waals surface area contributed by atoms with Gasteiger partial charge in [-0.15, -0.1) is 0 Å². The Morgan fingerprint density at radius 3 is 1.74 bits per heavy atom. The number of carbonyl (C=O) groups is 3. The molecule has 2 aromatic carbocycles. The molecule has 1 aliphatic rings. The lowest BCUT2D eigenvalue weighted by Gasteiger charge is -2.27. The van der Waals surface area contributed by atoms with Crippen LogP contribution in [0.5, 0.6) is 0 Å². The number of fused-ring (bicyclic) bond motifs is 3. The summed E-state index contributed by atoms with van der Waals surface area (Å²) in [4.78, 5) is 37.0. The monoisotopic (exact) mass is 602 g/mol. The molecule has 0 heterocycles. The highest BCUT2D eigenvalue weighted by atomic mass is 16.8. The quantitative estimate of drug-likeness (QED) is 0.147. The van der Waals surface area contributed by atoms with Crippen LogP contribution in [-0.4, -0.2) is 73.3 Å². The molecule has 3 amide bonds. The summed E-state index contributed by atoms with van der Waals surface area (Å²) in [7, 11) is 0. The van der Waals surface area contributed by atoms with Gasteiger partial charge in [0.05, 0.1) is 6.10 Å². The summed E-state index contributed by atoms with van der Waals surface area (Å²) in [6, 6.07) is 15.7. The zero-order valence-electron chi connectivity index (χ0n) is 25.4. The van der Waals surface area contributed by atoms with Crippen LogP contribution in [0.4, 0.5) is 14.4 Å². The van der Waals surface area contributed by atoms with E-state index in [9.17, 15) is 24.8 Å². The van der Waals surface area contributed by atoms with Gasteiger partial charge in [0, 0.05) is 19.0 Å². The molecule has 43 heavy (non-hydrogen) atoms. The molecule has 1 aliphatic carbocycles. The molecule has 0 fully saturated rings. The summed E-state index contributed by atoms with van der Waals surface area (Å²) in [6.07, 6.45) is -4.71. The molecule has 13 nitrogen and oxygen atoms in total. The smallest absolute Gasteiger partial charge is 0.411 e. The number of hydroxylamine groups is 2. The molecule has 0 aliphatic heterocycles. The molecular formula is C30H42N4O9. The predicted molar refractivity (Wildman–Crippen MR) is 156 cm³/mol. The molecule has 5 N–H and O–H groups in total. The fraction of sp³-hybridized carbons (Fsp3) is 0.500. The second-order valence-corrected chi connectivity index (χ2v) is 12.1. The van der Waals surface area contributed by atoms with Crippen LogP contribution in [0.15, 0.2) is 48.5 Å². The van der Waals surface area contributed by atoms with Crippen LogP contribution < -0.4 is 21.2 Å². The molecular weight excluding hydrogens is 560 g/mol. The van der Waals surface area contributed by atoms with E-state index in [0.29, 0.717) is 0 Å². The van der Waals surface area contributed by atoms with Crippen molar-refractivity contribution >= 4 is 18.3 Å². The predicted octanol–water partition coefficient (Wildman–Crippen LogP) is 3.06. The van der Waals surface area contributed by atoms with E-state index in [0.717, 1.165) is 22.3 Å². The van der Waals surface area contributed by atoms with Crippen molar-refractivity contribution in [2.75, 3.05) is 26.3 Å². The number of hydrogen-bond donors (Lipinski definition) is 5. The van der Waals surface area contributed by atoms with Crippen molar-refractivity contribution in [1.82, 2.24) is 16.0 Å². The summed E-state index contributed by atoms with van der Waals surface area (Å²) >= 11 is 0. The molecule has 0 spiro atoms. The Bertz CT molecular complexity index is 1180. The van der Waals surface area contributed by atoms with Crippen LogP contribution in [0, 0.1) is 5.21 Å². The molecule has 2 aromatic rings. The minimum absolute atomic E-state index is 0.00922. The van der Waals surface area contributed by atoms with Crippen LogP contribution in [0.1, 0.15) is 58.6 Å². The fourth-order valence-corrected chi connectivity index (χ4v) is 4.40. The second-order valence-electron chi connectivity index (χ2n) is 12.1. The number of benzene rings is 2. The fourth-order valence-electron chi connectivity index (χ4n) is 4.40. The van der Waals surface area contributed by atoms with Crippen LogP contribution >= 0.6 is 0 Å². The van der Waals surface area contributed by atoms with Crippen molar-refractivity contribution in [2.24, 2.45) is 0 Å². The number of rotatable bonds is 11. The van der Waals surface area contributed by atoms with Gasteiger partial charge in [-0.25, -0.2) is 24.8 Å². The standard InChI is InChI=1S/C30H42N4O9/c1-29(2,3)42-26(35)31-15-19(16-32-27(36)43-30(4,5)6)40-18-25(34(38)39)33-28(37)41-17-24-22-13-9-7-11-20(22)21-12-8-10-14-23(21)24/h7-14,19,24-25,34,38H,15-18H2,1-6H3,(H,31,35)(H,32,36)(H,33,37)/t25-/m1/s1. The number of nitrogens with one attached hydrogen (secondary N) is 4. The van der Waals surface area contributed by atoms with E-state index in [4.69, 9.17) is 18.9 Å². The highest BCUT2D eigenvalue weighted by Crippen LogP contribution is 2.44. The molecule has 0 bridgehead atoms. The lowest BCUT2D eigenvalue weighted by atomic mass is 9.98. The first-order valence-electron chi connectivity index (χ1n) is 14.0. The number of quaternary nitrogens is 1. The molecule has 236 valence electrons. The van der Waals surface area contributed by atoms with Crippen LogP contribution in [0.25, 0.3) is 11.1 Å². The van der Waals surface area contributed by atoms with Gasteiger partial charge in [0.25, 0.3) is 0 Å². The number of carbonyl (C=O) groups excluding carboxylic acids is 3. The average molecular weight is 603 g/mol. The van der Waals surface area contributed by atoms with Crippen molar-refractivity contribution in [1.29, 1.82) is 0 Å². The van der Waals surface area contributed by atoms with E-state index in [2.05, 4.69) is 16.0 Å². The van der Waals surface area contributed by atoms with E-state index in [-0.39, 0.29) is 25.6 Å². The van der Waals surface area contributed by atoms with Crippen LogP contribution in [0.2, 0.25) is 0 Å². The van der Waals surface area contributed by atoms with E-state index in [1.165, 1.54) is 0 Å². The Labute approximate surface area is 251 Å². The van der Waals surface area contributed by atoms with Crippen molar-refractivity contribution in [3.63, 3.8) is 0 Å². The maximum Gasteiger partial charge on any atom is 0.411 e. The summed E-state index contributed by atoms with van der Waals surface area (Å²) in [6.45, 7) is 9.52. The number of amides is 3. The first kappa shape index (κ1) is 33.6. The van der Waals surface area contributed by atoms with Gasteiger partial charge in [0.1, 0.15) is 24.4 Å². The average Bonchev–Trinajstić information content (AvgIpc) is 3.22. The van der Waals surface area contributed by atoms with E-state index < -0.39 is 53.6 Å². The summed E-state index contributed by atoms with van der Waals surface area (Å²) in [5.74, 6) is -0.195. The van der Waals surface area contributed by atoms with Gasteiger partial charge in [-0.3, -0.25) is 5.32 Å². The maximum absolute atomic E-state index is 12.7. The highest BCUT2D eigenvalue weighted by molar-refractivity contribution is 5.79. The first-order valence-corrected chi connectivity index (χ1v) is 14.0. The normalized spacial score (nSPS) is 14.3.